The Labute approximate surface area is 94.6 Å². The molecule has 88 valence electrons. The van der Waals surface area contributed by atoms with Crippen molar-refractivity contribution in [1.82, 2.24) is 0 Å². The first-order valence-electron chi connectivity index (χ1n) is 4.58. The summed E-state index contributed by atoms with van der Waals surface area (Å²) in [4.78, 5) is 22.3. The van der Waals surface area contributed by atoms with Gasteiger partial charge in [0.15, 0.2) is 5.56 Å². The zero-order chi connectivity index (χ0) is 12.4. The lowest BCUT2D eigenvalue weighted by Gasteiger charge is -2.27. The summed E-state index contributed by atoms with van der Waals surface area (Å²) < 4.78 is 4.89. The van der Waals surface area contributed by atoms with Crippen molar-refractivity contribution >= 4 is 23.5 Å². The zero-order valence-electron chi connectivity index (χ0n) is 9.63. The van der Waals surface area contributed by atoms with Gasteiger partial charge in [0.1, 0.15) is 5.41 Å². The Morgan fingerprint density at radius 1 is 1.20 bits per heavy atom. The number of carbonyl (C=O) groups excluding carboxylic acids is 1. The summed E-state index contributed by atoms with van der Waals surface area (Å²) in [5, 5.41) is 8.85. The first kappa shape index (κ1) is 14.2. The Morgan fingerprint density at radius 2 is 1.60 bits per heavy atom. The van der Waals surface area contributed by atoms with Crippen LogP contribution in [0.2, 0.25) is 0 Å². The lowest BCUT2D eigenvalue weighted by Crippen LogP contribution is -2.39. The number of esters is 1. The van der Waals surface area contributed by atoms with Gasteiger partial charge in [0.2, 0.25) is 0 Å². The molecule has 0 amide bonds. The molecule has 0 saturated carbocycles. The summed E-state index contributed by atoms with van der Waals surface area (Å²) in [6.45, 7) is 7.83. The number of halogens is 1. The monoisotopic (exact) mass is 236 g/mol. The molecule has 1 unspecified atom stereocenters. The molecular weight excluding hydrogens is 220 g/mol. The number of ether oxygens (including phenoxy) is 1. The maximum atomic E-state index is 11.4. The highest BCUT2D eigenvalue weighted by molar-refractivity contribution is 6.22. The lowest BCUT2D eigenvalue weighted by atomic mass is 9.94. The molecular formula is C10H17ClO4. The van der Waals surface area contributed by atoms with Gasteiger partial charge in [-0.25, -0.2) is 0 Å². The third-order valence-electron chi connectivity index (χ3n) is 1.94. The van der Waals surface area contributed by atoms with E-state index >= 15 is 0 Å². The summed E-state index contributed by atoms with van der Waals surface area (Å²) >= 11 is 5.74. The van der Waals surface area contributed by atoms with E-state index in [9.17, 15) is 9.59 Å². The van der Waals surface area contributed by atoms with E-state index in [2.05, 4.69) is 0 Å². The van der Waals surface area contributed by atoms with Crippen LogP contribution in [0.4, 0.5) is 0 Å². The normalized spacial score (nSPS) is 14.5. The van der Waals surface area contributed by atoms with Crippen molar-refractivity contribution in [2.24, 2.45) is 10.8 Å². The van der Waals surface area contributed by atoms with Gasteiger partial charge in [-0.1, -0.05) is 11.6 Å². The van der Waals surface area contributed by atoms with E-state index < -0.39 is 28.3 Å². The molecule has 15 heavy (non-hydrogen) atoms. The van der Waals surface area contributed by atoms with Crippen LogP contribution in [0.25, 0.3) is 0 Å². The van der Waals surface area contributed by atoms with Crippen LogP contribution in [0.15, 0.2) is 0 Å². The van der Waals surface area contributed by atoms with Crippen molar-refractivity contribution in [2.45, 2.75) is 40.2 Å². The number of rotatable bonds is 3. The van der Waals surface area contributed by atoms with Crippen LogP contribution >= 0.6 is 11.6 Å². The maximum Gasteiger partial charge on any atom is 0.314 e. The SMILES string of the molecule is CC(C)(C)C(=O)OC(Cl)C(C)(C)C(=O)O. The Morgan fingerprint density at radius 3 is 1.87 bits per heavy atom. The van der Waals surface area contributed by atoms with E-state index in [1.54, 1.807) is 20.8 Å². The Balaban J connectivity index is 4.58. The zero-order valence-corrected chi connectivity index (χ0v) is 10.4. The minimum atomic E-state index is -1.30. The molecule has 0 aromatic rings. The largest absolute Gasteiger partial charge is 0.481 e. The predicted octanol–water partition coefficient (Wildman–Crippen LogP) is 2.25. The Hall–Kier alpha value is -0.770. The number of alkyl halides is 1. The molecule has 1 atom stereocenters. The molecule has 0 aliphatic heterocycles. The van der Waals surface area contributed by atoms with Gasteiger partial charge in [-0.3, -0.25) is 9.59 Å². The minimum absolute atomic E-state index is 0.517. The van der Waals surface area contributed by atoms with Gasteiger partial charge in [-0.2, -0.15) is 0 Å². The third kappa shape index (κ3) is 3.70. The second-order valence-electron chi connectivity index (χ2n) is 5.00. The maximum absolute atomic E-state index is 11.4. The van der Waals surface area contributed by atoms with E-state index in [1.807, 2.05) is 0 Å². The number of carbonyl (C=O) groups is 2. The average molecular weight is 237 g/mol. The molecule has 4 nitrogen and oxygen atoms in total. The molecule has 0 aliphatic carbocycles. The fourth-order valence-electron chi connectivity index (χ4n) is 0.515. The number of hydrogen-bond acceptors (Lipinski definition) is 3. The number of aliphatic carboxylic acids is 1. The molecule has 0 aromatic carbocycles. The van der Waals surface area contributed by atoms with Gasteiger partial charge in [0, 0.05) is 0 Å². The van der Waals surface area contributed by atoms with Crippen LogP contribution < -0.4 is 0 Å². The second-order valence-corrected chi connectivity index (χ2v) is 5.39. The first-order chi connectivity index (χ1) is 6.49. The quantitative estimate of drug-likeness (QED) is 0.603. The van der Waals surface area contributed by atoms with Crippen molar-refractivity contribution in [3.8, 4) is 0 Å². The number of carboxylic acid groups (broad SMARTS) is 1. The summed E-state index contributed by atoms with van der Waals surface area (Å²) in [5.74, 6) is -1.62. The fraction of sp³-hybridized carbons (Fsp3) is 0.800. The second kappa shape index (κ2) is 4.39. The Kier molecular flexibility index (Phi) is 4.17. The predicted molar refractivity (Wildman–Crippen MR) is 56.6 cm³/mol. The summed E-state index contributed by atoms with van der Waals surface area (Å²) in [6, 6.07) is 0. The van der Waals surface area contributed by atoms with Gasteiger partial charge in [-0.05, 0) is 34.6 Å². The first-order valence-corrected chi connectivity index (χ1v) is 5.02. The van der Waals surface area contributed by atoms with E-state index in [0.717, 1.165) is 0 Å². The van der Waals surface area contributed by atoms with E-state index in [0.29, 0.717) is 0 Å². The third-order valence-corrected chi connectivity index (χ3v) is 2.58. The van der Waals surface area contributed by atoms with E-state index in [1.165, 1.54) is 13.8 Å². The molecule has 0 saturated heterocycles. The van der Waals surface area contributed by atoms with Gasteiger partial charge in [0.05, 0.1) is 5.41 Å². The molecule has 0 aromatic heterocycles. The van der Waals surface area contributed by atoms with Crippen LogP contribution in [0.1, 0.15) is 34.6 Å². The van der Waals surface area contributed by atoms with Gasteiger partial charge >= 0.3 is 11.9 Å². The van der Waals surface area contributed by atoms with E-state index in [4.69, 9.17) is 21.4 Å². The molecule has 0 aliphatic rings. The van der Waals surface area contributed by atoms with Crippen LogP contribution in [-0.2, 0) is 14.3 Å². The molecule has 5 heteroatoms. The van der Waals surface area contributed by atoms with Gasteiger partial charge < -0.3 is 9.84 Å². The van der Waals surface area contributed by atoms with Crippen molar-refractivity contribution < 1.29 is 19.4 Å². The van der Waals surface area contributed by atoms with Crippen molar-refractivity contribution in [3.05, 3.63) is 0 Å². The van der Waals surface area contributed by atoms with Crippen LogP contribution in [0.3, 0.4) is 0 Å². The highest BCUT2D eigenvalue weighted by Crippen LogP contribution is 2.29. The molecule has 0 bridgehead atoms. The smallest absolute Gasteiger partial charge is 0.314 e. The molecule has 0 radical (unpaired) electrons. The molecule has 0 fully saturated rings. The minimum Gasteiger partial charge on any atom is -0.481 e. The van der Waals surface area contributed by atoms with Crippen LogP contribution in [-0.4, -0.2) is 22.6 Å². The highest BCUT2D eigenvalue weighted by atomic mass is 35.5. The van der Waals surface area contributed by atoms with E-state index in [-0.39, 0.29) is 0 Å². The highest BCUT2D eigenvalue weighted by Gasteiger charge is 2.40. The van der Waals surface area contributed by atoms with Gasteiger partial charge in [0.25, 0.3) is 0 Å². The fourth-order valence-corrected chi connectivity index (χ4v) is 0.689. The average Bonchev–Trinajstić information content (AvgIpc) is 2.01. The molecule has 0 rings (SSSR count). The topological polar surface area (TPSA) is 63.6 Å². The summed E-state index contributed by atoms with van der Waals surface area (Å²) in [7, 11) is 0. The summed E-state index contributed by atoms with van der Waals surface area (Å²) in [5.41, 5.74) is -3.17. The van der Waals surface area contributed by atoms with Crippen molar-refractivity contribution in [2.75, 3.05) is 0 Å². The summed E-state index contributed by atoms with van der Waals surface area (Å²) in [6.07, 6.45) is 0. The molecule has 1 N–H and O–H groups in total. The standard InChI is InChI=1S/C10H17ClO4/c1-9(2,3)8(14)15-6(11)10(4,5)7(12)13/h6H,1-5H3,(H,12,13). The Bertz CT molecular complexity index is 265. The van der Waals surface area contributed by atoms with Crippen molar-refractivity contribution in [3.63, 3.8) is 0 Å². The van der Waals surface area contributed by atoms with Crippen LogP contribution in [0.5, 0.6) is 0 Å². The van der Waals surface area contributed by atoms with Gasteiger partial charge in [-0.15, -0.1) is 0 Å². The number of hydrogen-bond donors (Lipinski definition) is 1. The lowest BCUT2D eigenvalue weighted by molar-refractivity contribution is -0.165. The number of carboxylic acids is 1. The molecule has 0 spiro atoms. The molecule has 0 heterocycles. The van der Waals surface area contributed by atoms with Crippen molar-refractivity contribution in [1.29, 1.82) is 0 Å². The van der Waals surface area contributed by atoms with Crippen LogP contribution in [0, 0.1) is 10.8 Å².